The number of rotatable bonds is 0. The smallest absolute Gasteiger partial charge is 0.256 e. The van der Waals surface area contributed by atoms with Crippen LogP contribution < -0.4 is 15.4 Å². The van der Waals surface area contributed by atoms with Crippen molar-refractivity contribution >= 4 is 39.2 Å². The summed E-state index contributed by atoms with van der Waals surface area (Å²) in [5.74, 6) is 1.41. The molecule has 1 aliphatic carbocycles. The summed E-state index contributed by atoms with van der Waals surface area (Å²) in [5, 5.41) is 6.49. The van der Waals surface area contributed by atoms with Gasteiger partial charge in [0.15, 0.2) is 10.7 Å². The van der Waals surface area contributed by atoms with Crippen LogP contribution in [-0.2, 0) is 10.3 Å². The highest BCUT2D eigenvalue weighted by Gasteiger charge is 2.57. The van der Waals surface area contributed by atoms with Crippen molar-refractivity contribution < 1.29 is 9.53 Å². The van der Waals surface area contributed by atoms with Gasteiger partial charge in [-0.2, -0.15) is 0 Å². The third-order valence-electron chi connectivity index (χ3n) is 6.38. The van der Waals surface area contributed by atoms with Crippen LogP contribution in [-0.4, -0.2) is 16.6 Å². The van der Waals surface area contributed by atoms with E-state index in [1.54, 1.807) is 0 Å². The molecule has 6 heteroatoms. The van der Waals surface area contributed by atoms with Crippen LogP contribution in [0.1, 0.15) is 58.4 Å². The summed E-state index contributed by atoms with van der Waals surface area (Å²) in [6.07, 6.45) is 4.79. The number of ether oxygens (including phenoxy) is 1. The summed E-state index contributed by atoms with van der Waals surface area (Å²) in [7, 11) is 0. The molecule has 1 atom stereocenters. The lowest BCUT2D eigenvalue weighted by Gasteiger charge is -2.50. The monoisotopic (exact) mass is 436 g/mol. The molecule has 2 heterocycles. The van der Waals surface area contributed by atoms with Gasteiger partial charge in [0.1, 0.15) is 11.4 Å². The second kappa shape index (κ2) is 5.93. The first kappa shape index (κ1) is 18.2. The first-order valence-electron chi connectivity index (χ1n) is 9.26. The highest BCUT2D eigenvalue weighted by Crippen LogP contribution is 2.53. The Kier molecular flexibility index (Phi) is 4.16. The SMILES string of the molecule is CC(C)(C)C1CCC2(CC1)CC1(NC(=S)NC1=O)c1cc(Br)ccc1O2. The van der Waals surface area contributed by atoms with Crippen LogP contribution in [0.5, 0.6) is 5.75 Å². The van der Waals surface area contributed by atoms with E-state index in [0.717, 1.165) is 41.5 Å². The van der Waals surface area contributed by atoms with E-state index in [1.165, 1.54) is 0 Å². The number of carbonyl (C=O) groups is 1. The Morgan fingerprint density at radius 1 is 1.27 bits per heavy atom. The van der Waals surface area contributed by atoms with Crippen molar-refractivity contribution in [3.63, 3.8) is 0 Å². The van der Waals surface area contributed by atoms with Crippen LogP contribution in [0.3, 0.4) is 0 Å². The van der Waals surface area contributed by atoms with Gasteiger partial charge in [0, 0.05) is 16.5 Å². The molecule has 0 aromatic heterocycles. The van der Waals surface area contributed by atoms with Crippen molar-refractivity contribution in [2.24, 2.45) is 11.3 Å². The van der Waals surface area contributed by atoms with Crippen LogP contribution in [0.15, 0.2) is 22.7 Å². The minimum absolute atomic E-state index is 0.0672. The molecule has 1 saturated heterocycles. The standard InChI is InChI=1S/C20H25BrN2O2S/c1-18(2,3)12-6-8-19(9-7-12)11-20(16(24)22-17(26)23-20)14-10-13(21)4-5-15(14)25-19/h4-5,10,12H,6-9,11H2,1-3H3,(H2,22,23,24,26). The zero-order valence-electron chi connectivity index (χ0n) is 15.4. The highest BCUT2D eigenvalue weighted by atomic mass is 79.9. The minimum Gasteiger partial charge on any atom is -0.487 e. The van der Waals surface area contributed by atoms with E-state index in [0.29, 0.717) is 22.9 Å². The molecule has 4 rings (SSSR count). The van der Waals surface area contributed by atoms with Gasteiger partial charge in [-0.15, -0.1) is 0 Å². The Morgan fingerprint density at radius 3 is 2.54 bits per heavy atom. The molecule has 1 saturated carbocycles. The van der Waals surface area contributed by atoms with Crippen molar-refractivity contribution in [1.82, 2.24) is 10.6 Å². The van der Waals surface area contributed by atoms with E-state index in [-0.39, 0.29) is 11.5 Å². The topological polar surface area (TPSA) is 50.4 Å². The number of fused-ring (bicyclic) bond motifs is 2. The fourth-order valence-corrected chi connectivity index (χ4v) is 5.50. The van der Waals surface area contributed by atoms with Gasteiger partial charge in [-0.05, 0) is 67.4 Å². The average molecular weight is 437 g/mol. The summed E-state index contributed by atoms with van der Waals surface area (Å²) in [5.41, 5.74) is 0.0322. The van der Waals surface area contributed by atoms with Crippen molar-refractivity contribution in [3.8, 4) is 5.75 Å². The lowest BCUT2D eigenvalue weighted by molar-refractivity contribution is -0.129. The molecule has 2 spiro atoms. The minimum atomic E-state index is -0.830. The molecule has 4 nitrogen and oxygen atoms in total. The first-order chi connectivity index (χ1) is 12.1. The summed E-state index contributed by atoms with van der Waals surface area (Å²) in [6, 6.07) is 5.91. The van der Waals surface area contributed by atoms with Crippen molar-refractivity contribution in [3.05, 3.63) is 28.2 Å². The van der Waals surface area contributed by atoms with E-state index in [4.69, 9.17) is 17.0 Å². The predicted molar refractivity (Wildman–Crippen MR) is 109 cm³/mol. The van der Waals surface area contributed by atoms with E-state index in [1.807, 2.05) is 18.2 Å². The first-order valence-corrected chi connectivity index (χ1v) is 10.5. The molecule has 1 unspecified atom stereocenters. The zero-order chi connectivity index (χ0) is 18.7. The lowest BCUT2D eigenvalue weighted by Crippen LogP contribution is -2.57. The summed E-state index contributed by atoms with van der Waals surface area (Å²) >= 11 is 8.80. The van der Waals surface area contributed by atoms with Gasteiger partial charge in [0.2, 0.25) is 0 Å². The molecule has 3 aliphatic rings. The molecule has 0 radical (unpaired) electrons. The number of benzene rings is 1. The number of hydrogen-bond donors (Lipinski definition) is 2. The average Bonchev–Trinajstić information content (AvgIpc) is 2.82. The fourth-order valence-electron chi connectivity index (χ4n) is 4.87. The number of hydrogen-bond acceptors (Lipinski definition) is 3. The summed E-state index contributed by atoms with van der Waals surface area (Å²) < 4.78 is 7.49. The van der Waals surface area contributed by atoms with Gasteiger partial charge in [-0.25, -0.2) is 0 Å². The van der Waals surface area contributed by atoms with E-state index in [2.05, 4.69) is 47.3 Å². The van der Waals surface area contributed by atoms with Crippen LogP contribution in [0.2, 0.25) is 0 Å². The molecular formula is C20H25BrN2O2S. The molecule has 1 aromatic rings. The van der Waals surface area contributed by atoms with Gasteiger partial charge < -0.3 is 15.4 Å². The van der Waals surface area contributed by atoms with Crippen LogP contribution in [0, 0.1) is 11.3 Å². The Bertz CT molecular complexity index is 781. The van der Waals surface area contributed by atoms with Crippen molar-refractivity contribution in [1.29, 1.82) is 0 Å². The Balaban J connectivity index is 1.72. The number of nitrogens with one attached hydrogen (secondary N) is 2. The van der Waals surface area contributed by atoms with Gasteiger partial charge in [-0.3, -0.25) is 4.79 Å². The third kappa shape index (κ3) is 2.85. The fraction of sp³-hybridized carbons (Fsp3) is 0.600. The van der Waals surface area contributed by atoms with Gasteiger partial charge in [0.25, 0.3) is 5.91 Å². The van der Waals surface area contributed by atoms with Crippen molar-refractivity contribution in [2.75, 3.05) is 0 Å². The summed E-state index contributed by atoms with van der Waals surface area (Å²) in [6.45, 7) is 6.95. The maximum Gasteiger partial charge on any atom is 0.256 e. The molecule has 1 aromatic carbocycles. The van der Waals surface area contributed by atoms with Gasteiger partial charge in [-0.1, -0.05) is 36.7 Å². The quantitative estimate of drug-likeness (QED) is 0.591. The highest BCUT2D eigenvalue weighted by molar-refractivity contribution is 9.10. The molecule has 2 fully saturated rings. The Morgan fingerprint density at radius 2 is 1.96 bits per heavy atom. The Hall–Kier alpha value is -1.14. The van der Waals surface area contributed by atoms with Crippen LogP contribution in [0.4, 0.5) is 0 Å². The largest absolute Gasteiger partial charge is 0.487 e. The van der Waals surface area contributed by atoms with Crippen LogP contribution in [0.25, 0.3) is 0 Å². The predicted octanol–water partition coefficient (Wildman–Crippen LogP) is 4.41. The summed E-state index contributed by atoms with van der Waals surface area (Å²) in [4.78, 5) is 13.0. The zero-order valence-corrected chi connectivity index (χ0v) is 17.9. The molecular weight excluding hydrogens is 412 g/mol. The maximum absolute atomic E-state index is 13.0. The molecule has 2 aliphatic heterocycles. The van der Waals surface area contributed by atoms with Gasteiger partial charge >= 0.3 is 0 Å². The van der Waals surface area contributed by atoms with E-state index < -0.39 is 5.54 Å². The number of halogens is 1. The Labute approximate surface area is 168 Å². The third-order valence-corrected chi connectivity index (χ3v) is 7.08. The van der Waals surface area contributed by atoms with Gasteiger partial charge in [0.05, 0.1) is 0 Å². The number of amides is 1. The normalized spacial score (nSPS) is 33.6. The molecule has 1 amide bonds. The maximum atomic E-state index is 13.0. The number of carbonyl (C=O) groups excluding carboxylic acids is 1. The molecule has 140 valence electrons. The lowest BCUT2D eigenvalue weighted by atomic mass is 9.64. The molecule has 26 heavy (non-hydrogen) atoms. The second-order valence-corrected chi connectivity index (χ2v) is 10.4. The van der Waals surface area contributed by atoms with E-state index >= 15 is 0 Å². The van der Waals surface area contributed by atoms with Crippen molar-refractivity contribution in [2.45, 2.75) is 64.0 Å². The van der Waals surface area contributed by atoms with E-state index in [9.17, 15) is 4.79 Å². The number of thiocarbonyl (C=S) groups is 1. The molecule has 2 N–H and O–H groups in total. The second-order valence-electron chi connectivity index (χ2n) is 9.06. The van der Waals surface area contributed by atoms with Crippen LogP contribution >= 0.6 is 28.1 Å². The molecule has 0 bridgehead atoms.